The Labute approximate surface area is 147 Å². The first kappa shape index (κ1) is 17.6. The highest BCUT2D eigenvalue weighted by molar-refractivity contribution is 5.43. The number of nitrogens with zero attached hydrogens (tertiary/aromatic N) is 4. The van der Waals surface area contributed by atoms with Crippen LogP contribution in [0.5, 0.6) is 0 Å². The summed E-state index contributed by atoms with van der Waals surface area (Å²) in [6.45, 7) is 6.57. The molecule has 3 rings (SSSR count). The summed E-state index contributed by atoms with van der Waals surface area (Å²) in [5, 5.41) is 15.4. The molecule has 8 heteroatoms. The fourth-order valence-electron chi connectivity index (χ4n) is 2.89. The third kappa shape index (κ3) is 4.08. The number of aryl methyl sites for hydroxylation is 1. The van der Waals surface area contributed by atoms with Crippen molar-refractivity contribution < 1.29 is 9.84 Å². The second kappa shape index (κ2) is 7.79. The minimum atomic E-state index is 0.0364. The third-order valence-electron chi connectivity index (χ3n) is 4.63. The number of hydrogen-bond donors (Lipinski definition) is 3. The molecule has 1 aliphatic heterocycles. The van der Waals surface area contributed by atoms with Gasteiger partial charge in [0.25, 0.3) is 0 Å². The molecule has 0 spiro atoms. The third-order valence-corrected chi connectivity index (χ3v) is 4.63. The average Bonchev–Trinajstić information content (AvgIpc) is 3.23. The summed E-state index contributed by atoms with van der Waals surface area (Å²) in [4.78, 5) is 13.6. The molecule has 0 saturated carbocycles. The number of aliphatic hydroxyl groups excluding tert-OH is 1. The van der Waals surface area contributed by atoms with Crippen LogP contribution >= 0.6 is 0 Å². The Balaban J connectivity index is 1.78. The lowest BCUT2D eigenvalue weighted by Crippen LogP contribution is -2.14. The molecule has 0 aromatic carbocycles. The van der Waals surface area contributed by atoms with Crippen LogP contribution in [0.4, 0.5) is 11.8 Å². The Morgan fingerprint density at radius 2 is 2.12 bits per heavy atom. The molecule has 2 aromatic heterocycles. The van der Waals surface area contributed by atoms with Gasteiger partial charge in [-0.15, -0.1) is 0 Å². The summed E-state index contributed by atoms with van der Waals surface area (Å²) in [6, 6.07) is 1.98. The van der Waals surface area contributed by atoms with E-state index in [4.69, 9.17) is 9.84 Å². The zero-order valence-electron chi connectivity index (χ0n) is 15.0. The molecule has 0 amide bonds. The first-order chi connectivity index (χ1) is 12.1. The van der Waals surface area contributed by atoms with Crippen LogP contribution in [0.1, 0.15) is 35.2 Å². The molecule has 1 unspecified atom stereocenters. The summed E-state index contributed by atoms with van der Waals surface area (Å²) < 4.78 is 7.56. The SMILES string of the molecule is Cc1nc(CNc2cc(C3CCOC3)nc(NCCO)n2)n(C)c1C. The predicted octanol–water partition coefficient (Wildman–Crippen LogP) is 1.35. The lowest BCUT2D eigenvalue weighted by atomic mass is 10.0. The number of ether oxygens (including phenoxy) is 1. The van der Waals surface area contributed by atoms with E-state index in [0.717, 1.165) is 41.8 Å². The summed E-state index contributed by atoms with van der Waals surface area (Å²) >= 11 is 0. The predicted molar refractivity (Wildman–Crippen MR) is 95.8 cm³/mol. The standard InChI is InChI=1S/C17H26N6O2/c1-11-12(2)23(3)16(20-11)9-19-15-8-14(13-4-7-25-10-13)21-17(22-15)18-5-6-24/h8,13,24H,4-7,9-10H2,1-3H3,(H2,18,19,21,22). The molecule has 3 N–H and O–H groups in total. The molecule has 25 heavy (non-hydrogen) atoms. The molecule has 0 radical (unpaired) electrons. The highest BCUT2D eigenvalue weighted by Gasteiger charge is 2.21. The minimum Gasteiger partial charge on any atom is -0.395 e. The Morgan fingerprint density at radius 1 is 1.28 bits per heavy atom. The Hall–Kier alpha value is -2.19. The molecule has 2 aromatic rings. The normalized spacial score (nSPS) is 17.0. The van der Waals surface area contributed by atoms with Gasteiger partial charge in [0.05, 0.1) is 31.1 Å². The second-order valence-electron chi connectivity index (χ2n) is 6.32. The van der Waals surface area contributed by atoms with Crippen molar-refractivity contribution in [3.8, 4) is 0 Å². The maximum absolute atomic E-state index is 9.02. The molecule has 1 fully saturated rings. The van der Waals surface area contributed by atoms with Crippen LogP contribution in [-0.2, 0) is 18.3 Å². The lowest BCUT2D eigenvalue weighted by Gasteiger charge is -2.13. The fourth-order valence-corrected chi connectivity index (χ4v) is 2.89. The molecule has 136 valence electrons. The molecule has 0 bridgehead atoms. The van der Waals surface area contributed by atoms with Gasteiger partial charge in [-0.2, -0.15) is 4.98 Å². The number of anilines is 2. The van der Waals surface area contributed by atoms with Crippen molar-refractivity contribution in [1.82, 2.24) is 19.5 Å². The first-order valence-corrected chi connectivity index (χ1v) is 8.62. The van der Waals surface area contributed by atoms with Crippen molar-refractivity contribution >= 4 is 11.8 Å². The fraction of sp³-hybridized carbons (Fsp3) is 0.588. The van der Waals surface area contributed by atoms with Gasteiger partial charge in [-0.05, 0) is 20.3 Å². The molecule has 3 heterocycles. The number of aromatic nitrogens is 4. The van der Waals surface area contributed by atoms with Crippen molar-refractivity contribution in [3.05, 3.63) is 29.0 Å². The highest BCUT2D eigenvalue weighted by atomic mass is 16.5. The van der Waals surface area contributed by atoms with Crippen molar-refractivity contribution in [3.63, 3.8) is 0 Å². The van der Waals surface area contributed by atoms with E-state index in [2.05, 4.69) is 37.1 Å². The molecule has 1 saturated heterocycles. The lowest BCUT2D eigenvalue weighted by molar-refractivity contribution is 0.193. The van der Waals surface area contributed by atoms with Crippen LogP contribution in [0.2, 0.25) is 0 Å². The van der Waals surface area contributed by atoms with E-state index < -0.39 is 0 Å². The zero-order valence-corrected chi connectivity index (χ0v) is 15.0. The Kier molecular flexibility index (Phi) is 5.50. The van der Waals surface area contributed by atoms with Gasteiger partial charge in [0.1, 0.15) is 11.6 Å². The number of hydrogen-bond acceptors (Lipinski definition) is 7. The molecule has 0 aliphatic carbocycles. The van der Waals surface area contributed by atoms with Crippen molar-refractivity contribution in [1.29, 1.82) is 0 Å². The monoisotopic (exact) mass is 346 g/mol. The van der Waals surface area contributed by atoms with E-state index >= 15 is 0 Å². The van der Waals surface area contributed by atoms with Gasteiger partial charge in [-0.3, -0.25) is 0 Å². The van der Waals surface area contributed by atoms with Crippen LogP contribution in [0.25, 0.3) is 0 Å². The number of rotatable bonds is 7. The van der Waals surface area contributed by atoms with Crippen LogP contribution in [0, 0.1) is 13.8 Å². The molecule has 1 aliphatic rings. The zero-order chi connectivity index (χ0) is 17.8. The summed E-state index contributed by atoms with van der Waals surface area (Å²) in [5.41, 5.74) is 3.16. The van der Waals surface area contributed by atoms with E-state index in [-0.39, 0.29) is 12.5 Å². The van der Waals surface area contributed by atoms with Crippen LogP contribution in [0.15, 0.2) is 6.07 Å². The van der Waals surface area contributed by atoms with E-state index in [9.17, 15) is 0 Å². The first-order valence-electron chi connectivity index (χ1n) is 8.62. The number of aliphatic hydroxyl groups is 1. The van der Waals surface area contributed by atoms with Crippen molar-refractivity contribution in [2.24, 2.45) is 7.05 Å². The van der Waals surface area contributed by atoms with Crippen molar-refractivity contribution in [2.45, 2.75) is 32.7 Å². The number of imidazole rings is 1. The van der Waals surface area contributed by atoms with E-state index in [1.54, 1.807) is 0 Å². The van der Waals surface area contributed by atoms with E-state index in [1.165, 1.54) is 0 Å². The smallest absolute Gasteiger partial charge is 0.224 e. The van der Waals surface area contributed by atoms with Crippen molar-refractivity contribution in [2.75, 3.05) is 37.0 Å². The Bertz CT molecular complexity index is 724. The maximum Gasteiger partial charge on any atom is 0.224 e. The van der Waals surface area contributed by atoms with Crippen LogP contribution < -0.4 is 10.6 Å². The number of nitrogens with one attached hydrogen (secondary N) is 2. The quantitative estimate of drug-likeness (QED) is 0.696. The highest BCUT2D eigenvalue weighted by Crippen LogP contribution is 2.26. The van der Waals surface area contributed by atoms with E-state index in [1.807, 2.05) is 20.0 Å². The summed E-state index contributed by atoms with van der Waals surface area (Å²) in [7, 11) is 2.02. The average molecular weight is 346 g/mol. The molecular weight excluding hydrogens is 320 g/mol. The van der Waals surface area contributed by atoms with Crippen LogP contribution in [-0.4, -0.2) is 51.0 Å². The van der Waals surface area contributed by atoms with Gasteiger partial charge in [0.15, 0.2) is 0 Å². The van der Waals surface area contributed by atoms with Gasteiger partial charge in [-0.1, -0.05) is 0 Å². The van der Waals surface area contributed by atoms with Gasteiger partial charge in [0.2, 0.25) is 5.95 Å². The van der Waals surface area contributed by atoms with Gasteiger partial charge < -0.3 is 25.0 Å². The second-order valence-corrected chi connectivity index (χ2v) is 6.32. The van der Waals surface area contributed by atoms with E-state index in [0.29, 0.717) is 25.6 Å². The van der Waals surface area contributed by atoms with Gasteiger partial charge >= 0.3 is 0 Å². The molecule has 8 nitrogen and oxygen atoms in total. The molecular formula is C17H26N6O2. The Morgan fingerprint density at radius 3 is 2.76 bits per heavy atom. The minimum absolute atomic E-state index is 0.0364. The van der Waals surface area contributed by atoms with Gasteiger partial charge in [-0.25, -0.2) is 9.97 Å². The summed E-state index contributed by atoms with van der Waals surface area (Å²) in [5.74, 6) is 2.52. The maximum atomic E-state index is 9.02. The van der Waals surface area contributed by atoms with Gasteiger partial charge in [0, 0.05) is 37.9 Å². The topological polar surface area (TPSA) is 97.1 Å². The summed E-state index contributed by atoms with van der Waals surface area (Å²) in [6.07, 6.45) is 0.966. The van der Waals surface area contributed by atoms with Crippen LogP contribution in [0.3, 0.4) is 0 Å². The molecule has 1 atom stereocenters. The largest absolute Gasteiger partial charge is 0.395 e.